The van der Waals surface area contributed by atoms with Gasteiger partial charge in [-0.25, -0.2) is 0 Å². The third kappa shape index (κ3) is 4.51. The Morgan fingerprint density at radius 2 is 1.03 bits per heavy atom. The van der Waals surface area contributed by atoms with Gasteiger partial charge in [-0.05, 0) is 71.8 Å². The first kappa shape index (κ1) is 22.9. The molecule has 0 atom stereocenters. The molecule has 39 heavy (non-hydrogen) atoms. The van der Waals surface area contributed by atoms with Crippen LogP contribution < -0.4 is 10.2 Å². The molecule has 0 bridgehead atoms. The van der Waals surface area contributed by atoms with Crippen molar-refractivity contribution in [2.45, 2.75) is 0 Å². The molecule has 0 spiro atoms. The van der Waals surface area contributed by atoms with Gasteiger partial charge in [-0.2, -0.15) is 0 Å². The second-order valence-corrected chi connectivity index (χ2v) is 9.57. The predicted octanol–water partition coefficient (Wildman–Crippen LogP) is 10.5. The van der Waals surface area contributed by atoms with Crippen LogP contribution in [0.5, 0.6) is 0 Å². The molecule has 1 heterocycles. The van der Waals surface area contributed by atoms with E-state index in [1.54, 1.807) is 0 Å². The van der Waals surface area contributed by atoms with E-state index < -0.39 is 0 Å². The van der Waals surface area contributed by atoms with Gasteiger partial charge >= 0.3 is 0 Å². The number of hydrogen-bond donors (Lipinski definition) is 1. The molecular weight excluding hydrogens is 476 g/mol. The number of nitrogens with zero attached hydrogens (tertiary/aromatic N) is 1. The normalized spacial score (nSPS) is 11.1. The van der Waals surface area contributed by atoms with Gasteiger partial charge in [0.05, 0.1) is 0 Å². The standard InChI is InChI=1S/C36H26N2O/c1-3-10-26(11-4-1)27-18-20-30(21-19-27)38(31-15-9-14-29(24-31)37-28-12-5-2-6-13-28)32-22-23-34-33-16-7-8-17-35(33)39-36(34)25-32/h1-25,37H. The number of hydrogen-bond acceptors (Lipinski definition) is 3. The fourth-order valence-electron chi connectivity index (χ4n) is 5.15. The maximum absolute atomic E-state index is 6.26. The molecule has 0 aliphatic heterocycles. The molecule has 7 rings (SSSR count). The van der Waals surface area contributed by atoms with E-state index in [4.69, 9.17) is 4.42 Å². The highest BCUT2D eigenvalue weighted by Gasteiger charge is 2.16. The zero-order valence-corrected chi connectivity index (χ0v) is 21.3. The van der Waals surface area contributed by atoms with E-state index in [0.29, 0.717) is 0 Å². The minimum atomic E-state index is 0.873. The van der Waals surface area contributed by atoms with Crippen molar-refractivity contribution >= 4 is 50.4 Å². The molecular formula is C36H26N2O. The summed E-state index contributed by atoms with van der Waals surface area (Å²) in [5.74, 6) is 0. The largest absolute Gasteiger partial charge is 0.456 e. The maximum atomic E-state index is 6.26. The van der Waals surface area contributed by atoms with Crippen LogP contribution in [0.25, 0.3) is 33.1 Å². The number of fused-ring (bicyclic) bond motifs is 3. The molecule has 186 valence electrons. The van der Waals surface area contributed by atoms with Gasteiger partial charge in [0, 0.05) is 45.3 Å². The lowest BCUT2D eigenvalue weighted by atomic mass is 10.0. The highest BCUT2D eigenvalue weighted by atomic mass is 16.3. The van der Waals surface area contributed by atoms with Gasteiger partial charge in [0.15, 0.2) is 0 Å². The van der Waals surface area contributed by atoms with Crippen LogP contribution in [0.3, 0.4) is 0 Å². The molecule has 0 aliphatic rings. The first-order chi connectivity index (χ1) is 19.3. The average molecular weight is 503 g/mol. The molecule has 7 aromatic rings. The third-order valence-electron chi connectivity index (χ3n) is 7.02. The van der Waals surface area contributed by atoms with Gasteiger partial charge < -0.3 is 14.6 Å². The summed E-state index contributed by atoms with van der Waals surface area (Å²) in [5.41, 5.74) is 9.40. The van der Waals surface area contributed by atoms with Crippen LogP contribution in [0.4, 0.5) is 28.4 Å². The summed E-state index contributed by atoms with van der Waals surface area (Å²) < 4.78 is 6.26. The van der Waals surface area contributed by atoms with Crippen molar-refractivity contribution < 1.29 is 4.42 Å². The molecule has 6 aromatic carbocycles. The molecule has 3 heteroatoms. The highest BCUT2D eigenvalue weighted by Crippen LogP contribution is 2.39. The SMILES string of the molecule is c1ccc(Nc2cccc(N(c3ccc(-c4ccccc4)cc3)c3ccc4c(c3)oc3ccccc34)c2)cc1. The Morgan fingerprint density at radius 3 is 1.85 bits per heavy atom. The lowest BCUT2D eigenvalue weighted by Crippen LogP contribution is -2.10. The Bertz CT molecular complexity index is 1870. The van der Waals surface area contributed by atoms with Crippen LogP contribution in [-0.2, 0) is 0 Å². The molecule has 1 aromatic heterocycles. The molecule has 0 unspecified atom stereocenters. The quantitative estimate of drug-likeness (QED) is 0.245. The van der Waals surface area contributed by atoms with Crippen LogP contribution in [-0.4, -0.2) is 0 Å². The second-order valence-electron chi connectivity index (χ2n) is 9.57. The summed E-state index contributed by atoms with van der Waals surface area (Å²) >= 11 is 0. The molecule has 0 aliphatic carbocycles. The molecule has 0 saturated heterocycles. The van der Waals surface area contributed by atoms with E-state index in [9.17, 15) is 0 Å². The van der Waals surface area contributed by atoms with Gasteiger partial charge in [0.25, 0.3) is 0 Å². The Hall–Kier alpha value is -5.28. The Morgan fingerprint density at radius 1 is 0.410 bits per heavy atom. The van der Waals surface area contributed by atoms with Crippen molar-refractivity contribution in [3.8, 4) is 11.1 Å². The van der Waals surface area contributed by atoms with Crippen molar-refractivity contribution in [1.82, 2.24) is 0 Å². The van der Waals surface area contributed by atoms with E-state index >= 15 is 0 Å². The van der Waals surface area contributed by atoms with Crippen LogP contribution in [0.2, 0.25) is 0 Å². The van der Waals surface area contributed by atoms with Gasteiger partial charge in [0.2, 0.25) is 0 Å². The number of anilines is 5. The summed E-state index contributed by atoms with van der Waals surface area (Å²) in [6.45, 7) is 0. The summed E-state index contributed by atoms with van der Waals surface area (Å²) in [7, 11) is 0. The smallest absolute Gasteiger partial charge is 0.137 e. The van der Waals surface area contributed by atoms with Crippen molar-refractivity contribution in [3.63, 3.8) is 0 Å². The fourth-order valence-corrected chi connectivity index (χ4v) is 5.15. The number of furan rings is 1. The van der Waals surface area contributed by atoms with Gasteiger partial charge in [0.1, 0.15) is 11.2 Å². The highest BCUT2D eigenvalue weighted by molar-refractivity contribution is 6.06. The summed E-state index contributed by atoms with van der Waals surface area (Å²) in [6.07, 6.45) is 0. The lowest BCUT2D eigenvalue weighted by molar-refractivity contribution is 0.669. The lowest BCUT2D eigenvalue weighted by Gasteiger charge is -2.26. The number of para-hydroxylation sites is 2. The molecule has 3 nitrogen and oxygen atoms in total. The summed E-state index contributed by atoms with van der Waals surface area (Å²) in [4.78, 5) is 2.28. The van der Waals surface area contributed by atoms with Crippen molar-refractivity contribution in [3.05, 3.63) is 152 Å². The van der Waals surface area contributed by atoms with Gasteiger partial charge in [-0.1, -0.05) is 84.9 Å². The Labute approximate surface area is 227 Å². The van der Waals surface area contributed by atoms with Crippen molar-refractivity contribution in [1.29, 1.82) is 0 Å². The Balaban J connectivity index is 1.34. The predicted molar refractivity (Wildman–Crippen MR) is 164 cm³/mol. The molecule has 0 fully saturated rings. The fraction of sp³-hybridized carbons (Fsp3) is 0. The molecule has 0 saturated carbocycles. The number of benzene rings is 6. The zero-order chi connectivity index (χ0) is 26.0. The third-order valence-corrected chi connectivity index (χ3v) is 7.02. The van der Waals surface area contributed by atoms with Gasteiger partial charge in [-0.3, -0.25) is 0 Å². The summed E-state index contributed by atoms with van der Waals surface area (Å²) in [6, 6.07) is 52.6. The van der Waals surface area contributed by atoms with E-state index in [1.807, 2.05) is 36.4 Å². The van der Waals surface area contributed by atoms with Crippen molar-refractivity contribution in [2.75, 3.05) is 10.2 Å². The first-order valence-electron chi connectivity index (χ1n) is 13.1. The van der Waals surface area contributed by atoms with E-state index in [-0.39, 0.29) is 0 Å². The summed E-state index contributed by atoms with van der Waals surface area (Å²) in [5, 5.41) is 5.78. The van der Waals surface area contributed by atoms with Crippen LogP contribution in [0.1, 0.15) is 0 Å². The first-order valence-corrected chi connectivity index (χ1v) is 13.1. The minimum absolute atomic E-state index is 0.873. The van der Waals surface area contributed by atoms with E-state index in [0.717, 1.165) is 50.4 Å². The van der Waals surface area contributed by atoms with E-state index in [1.165, 1.54) is 11.1 Å². The van der Waals surface area contributed by atoms with Crippen LogP contribution in [0, 0.1) is 0 Å². The maximum Gasteiger partial charge on any atom is 0.137 e. The molecule has 0 radical (unpaired) electrons. The van der Waals surface area contributed by atoms with Gasteiger partial charge in [-0.15, -0.1) is 0 Å². The second kappa shape index (κ2) is 9.88. The minimum Gasteiger partial charge on any atom is -0.456 e. The molecule has 0 amide bonds. The van der Waals surface area contributed by atoms with E-state index in [2.05, 4.69) is 125 Å². The average Bonchev–Trinajstić information content (AvgIpc) is 3.37. The number of rotatable bonds is 6. The topological polar surface area (TPSA) is 28.4 Å². The van der Waals surface area contributed by atoms with Crippen LogP contribution >= 0.6 is 0 Å². The van der Waals surface area contributed by atoms with Crippen LogP contribution in [0.15, 0.2) is 156 Å². The van der Waals surface area contributed by atoms with Crippen molar-refractivity contribution in [2.24, 2.45) is 0 Å². The zero-order valence-electron chi connectivity index (χ0n) is 21.3. The number of nitrogens with one attached hydrogen (secondary N) is 1. The monoisotopic (exact) mass is 502 g/mol. The molecule has 1 N–H and O–H groups in total. The Kier molecular flexibility index (Phi) is 5.80.